The number of pyridine rings is 1. The molecule has 0 radical (unpaired) electrons. The standard InChI is InChI=1S/C43H44N10O6/c1-3-19-51-39(56)30-25-44-42(48-37(30)53(51)33-14-10-27-16-18-43(59,4-2)36(27)46-33)45-28-11-8-26(9-12-28)17-20-49-21-23-50(24-22-49)31-7-5-6-29-35(31)41(58)52(40(29)57)32-13-15-34(54)47-38(32)55/h3,5-12,14,25,32,59H,1,4,13,15-24H2,2H3,(H,44,45,48)(H,47,54,55)/t32?,43-/m1/s1. The van der Waals surface area contributed by atoms with Gasteiger partial charge in [-0.2, -0.15) is 4.98 Å². The number of aliphatic hydroxyl groups is 1. The maximum absolute atomic E-state index is 13.6. The van der Waals surface area contributed by atoms with Crippen LogP contribution in [0.15, 0.2) is 78.2 Å². The van der Waals surface area contributed by atoms with Gasteiger partial charge in [0.25, 0.3) is 17.4 Å². The Balaban J connectivity index is 0.844. The van der Waals surface area contributed by atoms with Crippen LogP contribution in [0.25, 0.3) is 16.9 Å². The van der Waals surface area contributed by atoms with Crippen molar-refractivity contribution < 1.29 is 24.3 Å². The van der Waals surface area contributed by atoms with Crippen molar-refractivity contribution in [2.45, 2.75) is 63.6 Å². The summed E-state index contributed by atoms with van der Waals surface area (Å²) in [5.74, 6) is -1.23. The van der Waals surface area contributed by atoms with Crippen LogP contribution in [0.3, 0.4) is 0 Å². The minimum Gasteiger partial charge on any atom is -0.384 e. The highest BCUT2D eigenvalue weighted by molar-refractivity contribution is 6.25. The number of amides is 4. The number of anilines is 3. The minimum absolute atomic E-state index is 0.0746. The number of hydrogen-bond acceptors (Lipinski definition) is 12. The number of fused-ring (bicyclic) bond motifs is 3. The van der Waals surface area contributed by atoms with Crippen molar-refractivity contribution >= 4 is 52.0 Å². The third-order valence-corrected chi connectivity index (χ3v) is 12.1. The van der Waals surface area contributed by atoms with Gasteiger partial charge in [-0.05, 0) is 73.6 Å². The first kappa shape index (κ1) is 38.0. The first-order valence-electron chi connectivity index (χ1n) is 20.1. The van der Waals surface area contributed by atoms with Crippen molar-refractivity contribution in [3.05, 3.63) is 112 Å². The topological polar surface area (TPSA) is 188 Å². The predicted octanol–water partition coefficient (Wildman–Crippen LogP) is 3.22. The fourth-order valence-corrected chi connectivity index (χ4v) is 8.76. The van der Waals surface area contributed by atoms with E-state index in [1.54, 1.807) is 22.9 Å². The summed E-state index contributed by atoms with van der Waals surface area (Å²) in [5, 5.41) is 17.1. The molecule has 2 saturated heterocycles. The lowest BCUT2D eigenvalue weighted by atomic mass is 9.98. The molecule has 302 valence electrons. The monoisotopic (exact) mass is 796 g/mol. The first-order valence-corrected chi connectivity index (χ1v) is 20.1. The van der Waals surface area contributed by atoms with Crippen LogP contribution in [0.1, 0.15) is 70.1 Å². The van der Waals surface area contributed by atoms with Gasteiger partial charge in [-0.3, -0.25) is 39.1 Å². The van der Waals surface area contributed by atoms with Gasteiger partial charge in [0.2, 0.25) is 17.8 Å². The van der Waals surface area contributed by atoms with Crippen molar-refractivity contribution in [3.8, 4) is 5.82 Å². The van der Waals surface area contributed by atoms with Gasteiger partial charge in [-0.1, -0.05) is 37.3 Å². The second-order valence-corrected chi connectivity index (χ2v) is 15.5. The minimum atomic E-state index is -1.01. The molecule has 2 fully saturated rings. The molecule has 16 nitrogen and oxygen atoms in total. The average Bonchev–Trinajstić information content (AvgIpc) is 3.82. The molecule has 3 aromatic heterocycles. The molecule has 1 unspecified atom stereocenters. The molecule has 9 rings (SSSR count). The summed E-state index contributed by atoms with van der Waals surface area (Å²) in [4.78, 5) is 84.3. The molecule has 3 N–H and O–H groups in total. The van der Waals surface area contributed by atoms with Crippen LogP contribution in [0.2, 0.25) is 0 Å². The van der Waals surface area contributed by atoms with E-state index in [1.165, 1.54) is 10.9 Å². The van der Waals surface area contributed by atoms with Crippen LogP contribution in [0.4, 0.5) is 17.3 Å². The summed E-state index contributed by atoms with van der Waals surface area (Å²) in [6, 6.07) is 16.1. The highest BCUT2D eigenvalue weighted by Crippen LogP contribution is 2.39. The number of aromatic nitrogens is 5. The van der Waals surface area contributed by atoms with Gasteiger partial charge in [0, 0.05) is 51.0 Å². The third-order valence-electron chi connectivity index (χ3n) is 12.1. The molecule has 3 aliphatic heterocycles. The lowest BCUT2D eigenvalue weighted by Gasteiger charge is -2.36. The number of allylic oxidation sites excluding steroid dienone is 1. The van der Waals surface area contributed by atoms with Crippen molar-refractivity contribution in [1.82, 2.24) is 39.4 Å². The molecular weight excluding hydrogens is 753 g/mol. The van der Waals surface area contributed by atoms with Gasteiger partial charge in [-0.25, -0.2) is 19.3 Å². The fourth-order valence-electron chi connectivity index (χ4n) is 8.76. The number of carbonyl (C=O) groups is 4. The van der Waals surface area contributed by atoms with Crippen LogP contribution >= 0.6 is 0 Å². The van der Waals surface area contributed by atoms with Gasteiger partial charge >= 0.3 is 0 Å². The average molecular weight is 797 g/mol. The van der Waals surface area contributed by atoms with Crippen LogP contribution in [0, 0.1) is 0 Å². The summed E-state index contributed by atoms with van der Waals surface area (Å²) < 4.78 is 3.20. The maximum Gasteiger partial charge on any atom is 0.278 e. The van der Waals surface area contributed by atoms with Crippen molar-refractivity contribution in [3.63, 3.8) is 0 Å². The van der Waals surface area contributed by atoms with E-state index in [0.29, 0.717) is 65.7 Å². The number of hydrogen-bond donors (Lipinski definition) is 3. The van der Waals surface area contributed by atoms with E-state index in [4.69, 9.17) is 9.97 Å². The Bertz CT molecular complexity index is 2610. The predicted molar refractivity (Wildman–Crippen MR) is 219 cm³/mol. The Labute approximate surface area is 339 Å². The lowest BCUT2D eigenvalue weighted by Crippen LogP contribution is -2.54. The van der Waals surface area contributed by atoms with E-state index >= 15 is 0 Å². The van der Waals surface area contributed by atoms with E-state index in [0.717, 1.165) is 54.2 Å². The number of imide groups is 2. The van der Waals surface area contributed by atoms with Crippen LogP contribution in [0.5, 0.6) is 0 Å². The van der Waals surface area contributed by atoms with E-state index < -0.39 is 35.3 Å². The number of nitrogens with zero attached hydrogens (tertiary/aromatic N) is 8. The molecule has 4 aliphatic rings. The highest BCUT2D eigenvalue weighted by Gasteiger charge is 2.46. The van der Waals surface area contributed by atoms with E-state index in [2.05, 4.69) is 44.1 Å². The molecule has 0 saturated carbocycles. The molecule has 16 heteroatoms. The van der Waals surface area contributed by atoms with Crippen molar-refractivity contribution in [2.75, 3.05) is 42.9 Å². The highest BCUT2D eigenvalue weighted by atomic mass is 16.3. The number of rotatable bonds is 11. The molecule has 2 aromatic carbocycles. The summed E-state index contributed by atoms with van der Waals surface area (Å²) in [6.07, 6.45) is 6.06. The Morgan fingerprint density at radius 3 is 2.51 bits per heavy atom. The fraction of sp³-hybridized carbons (Fsp3) is 0.349. The summed E-state index contributed by atoms with van der Waals surface area (Å²) >= 11 is 0. The van der Waals surface area contributed by atoms with Gasteiger partial charge < -0.3 is 15.3 Å². The van der Waals surface area contributed by atoms with Gasteiger partial charge in [0.15, 0.2) is 11.5 Å². The van der Waals surface area contributed by atoms with Gasteiger partial charge in [-0.15, -0.1) is 6.58 Å². The number of carbonyl (C=O) groups excluding carboxylic acids is 4. The zero-order chi connectivity index (χ0) is 41.0. The smallest absolute Gasteiger partial charge is 0.278 e. The van der Waals surface area contributed by atoms with Crippen LogP contribution < -0.4 is 21.1 Å². The second-order valence-electron chi connectivity index (χ2n) is 15.5. The van der Waals surface area contributed by atoms with Gasteiger partial charge in [0.1, 0.15) is 17.0 Å². The molecular formula is C43H44N10O6. The number of piperazine rings is 1. The largest absolute Gasteiger partial charge is 0.384 e. The molecule has 4 amide bonds. The van der Waals surface area contributed by atoms with Crippen LogP contribution in [-0.4, -0.2) is 102 Å². The van der Waals surface area contributed by atoms with E-state index in [1.807, 2.05) is 37.3 Å². The van der Waals surface area contributed by atoms with Crippen LogP contribution in [-0.2, 0) is 34.6 Å². The number of nitrogens with one attached hydrogen (secondary N) is 2. The number of benzene rings is 2. The van der Waals surface area contributed by atoms with Crippen molar-refractivity contribution in [2.24, 2.45) is 0 Å². The number of aryl methyl sites for hydroxylation is 1. The number of piperidine rings is 1. The Kier molecular flexibility index (Phi) is 9.67. The molecule has 0 spiro atoms. The zero-order valence-electron chi connectivity index (χ0n) is 32.7. The van der Waals surface area contributed by atoms with E-state index in [9.17, 15) is 29.1 Å². The second kappa shape index (κ2) is 15.0. The third kappa shape index (κ3) is 6.67. The van der Waals surface area contributed by atoms with Gasteiger partial charge in [0.05, 0.1) is 29.1 Å². The van der Waals surface area contributed by atoms with E-state index in [-0.39, 0.29) is 30.5 Å². The molecule has 1 aliphatic carbocycles. The maximum atomic E-state index is 13.6. The summed E-state index contributed by atoms with van der Waals surface area (Å²) in [6.45, 7) is 9.71. The Morgan fingerprint density at radius 2 is 1.76 bits per heavy atom. The molecule has 2 atom stereocenters. The summed E-state index contributed by atoms with van der Waals surface area (Å²) in [5.41, 5.74) is 3.97. The first-order chi connectivity index (χ1) is 28.6. The van der Waals surface area contributed by atoms with Crippen molar-refractivity contribution in [1.29, 1.82) is 0 Å². The molecule has 6 heterocycles. The quantitative estimate of drug-likeness (QED) is 0.131. The Hall–Kier alpha value is -6.52. The zero-order valence-corrected chi connectivity index (χ0v) is 32.7. The SMILES string of the molecule is C=CCn1c(=O)c2cnc(Nc3ccc(CCN4CCN(c5cccc6c5C(=O)N(C5CCC(=O)NC5=O)C6=O)CC4)cc3)nc2n1-c1ccc2c(n1)[C@@](O)(CC)CC2. The summed E-state index contributed by atoms with van der Waals surface area (Å²) in [7, 11) is 0. The molecule has 59 heavy (non-hydrogen) atoms. The Morgan fingerprint density at radius 1 is 0.966 bits per heavy atom. The lowest BCUT2D eigenvalue weighted by molar-refractivity contribution is -0.136. The normalized spacial score (nSPS) is 20.6. The molecule has 0 bridgehead atoms. The molecule has 5 aromatic rings.